The van der Waals surface area contributed by atoms with Crippen LogP contribution in [0.15, 0.2) is 24.3 Å². The van der Waals surface area contributed by atoms with E-state index in [9.17, 15) is 4.79 Å². The van der Waals surface area contributed by atoms with Gasteiger partial charge in [-0.25, -0.2) is 0 Å². The molecule has 2 rings (SSSR count). The first-order valence-electron chi connectivity index (χ1n) is 7.35. The number of hydrogen-bond donors (Lipinski definition) is 2. The van der Waals surface area contributed by atoms with Gasteiger partial charge in [-0.05, 0) is 45.4 Å². The van der Waals surface area contributed by atoms with E-state index >= 15 is 0 Å². The molecule has 1 aliphatic heterocycles. The molecule has 4 nitrogen and oxygen atoms in total. The standard InChI is InChI=1S/C16H24N2O2.ClH/c1-12-3-5-15(6-4-12)20-10-9-18-16(19)14-7-8-17-13(2)11-14;/h3-6,13-14,17H,7-11H2,1-2H3,(H,18,19);1H/t13-,14-;/m0./s1. The zero-order chi connectivity index (χ0) is 14.4. The number of carbonyl (C=O) groups is 1. The lowest BCUT2D eigenvalue weighted by Crippen LogP contribution is -2.43. The van der Waals surface area contributed by atoms with E-state index in [2.05, 4.69) is 17.6 Å². The minimum Gasteiger partial charge on any atom is -0.492 e. The van der Waals surface area contributed by atoms with Crippen LogP contribution < -0.4 is 15.4 Å². The fourth-order valence-corrected chi connectivity index (χ4v) is 2.49. The summed E-state index contributed by atoms with van der Waals surface area (Å²) in [6, 6.07) is 8.37. The average Bonchev–Trinajstić information content (AvgIpc) is 2.45. The van der Waals surface area contributed by atoms with Gasteiger partial charge < -0.3 is 15.4 Å². The molecule has 118 valence electrons. The number of aryl methyl sites for hydroxylation is 1. The van der Waals surface area contributed by atoms with Crippen molar-refractivity contribution in [3.8, 4) is 5.75 Å². The molecule has 0 bridgehead atoms. The first kappa shape index (κ1) is 17.8. The van der Waals surface area contributed by atoms with Gasteiger partial charge in [-0.1, -0.05) is 17.7 Å². The lowest BCUT2D eigenvalue weighted by atomic mass is 9.92. The van der Waals surface area contributed by atoms with E-state index < -0.39 is 0 Å². The van der Waals surface area contributed by atoms with E-state index in [-0.39, 0.29) is 24.2 Å². The van der Waals surface area contributed by atoms with Crippen LogP contribution in [0.5, 0.6) is 5.75 Å². The van der Waals surface area contributed by atoms with Crippen LogP contribution in [-0.4, -0.2) is 31.6 Å². The Morgan fingerprint density at radius 2 is 2.10 bits per heavy atom. The van der Waals surface area contributed by atoms with Gasteiger partial charge in [-0.2, -0.15) is 0 Å². The molecule has 1 aromatic rings. The van der Waals surface area contributed by atoms with Crippen molar-refractivity contribution in [2.45, 2.75) is 32.7 Å². The molecule has 1 heterocycles. The summed E-state index contributed by atoms with van der Waals surface area (Å²) < 4.78 is 5.59. The molecule has 0 radical (unpaired) electrons. The van der Waals surface area contributed by atoms with Crippen LogP contribution in [0.1, 0.15) is 25.3 Å². The van der Waals surface area contributed by atoms with E-state index in [0.29, 0.717) is 19.2 Å². The molecule has 0 aromatic heterocycles. The van der Waals surface area contributed by atoms with Crippen molar-refractivity contribution in [1.29, 1.82) is 0 Å². The molecule has 1 saturated heterocycles. The summed E-state index contributed by atoms with van der Waals surface area (Å²) in [5, 5.41) is 6.32. The quantitative estimate of drug-likeness (QED) is 0.820. The van der Waals surface area contributed by atoms with Crippen molar-refractivity contribution in [1.82, 2.24) is 10.6 Å². The highest BCUT2D eigenvalue weighted by molar-refractivity contribution is 5.85. The third-order valence-electron chi connectivity index (χ3n) is 3.69. The molecule has 1 aromatic carbocycles. The fraction of sp³-hybridized carbons (Fsp3) is 0.562. The maximum absolute atomic E-state index is 12.0. The second-order valence-corrected chi connectivity index (χ2v) is 5.53. The highest BCUT2D eigenvalue weighted by Gasteiger charge is 2.24. The Bertz CT molecular complexity index is 436. The Morgan fingerprint density at radius 1 is 1.38 bits per heavy atom. The maximum Gasteiger partial charge on any atom is 0.223 e. The highest BCUT2D eigenvalue weighted by atomic mass is 35.5. The van der Waals surface area contributed by atoms with Gasteiger partial charge in [0.15, 0.2) is 0 Å². The van der Waals surface area contributed by atoms with E-state index in [1.807, 2.05) is 31.2 Å². The molecule has 21 heavy (non-hydrogen) atoms. The van der Waals surface area contributed by atoms with Crippen molar-refractivity contribution in [3.63, 3.8) is 0 Å². The van der Waals surface area contributed by atoms with Crippen molar-refractivity contribution in [2.24, 2.45) is 5.92 Å². The number of halogens is 1. The summed E-state index contributed by atoms with van der Waals surface area (Å²) in [6.07, 6.45) is 1.85. The minimum absolute atomic E-state index is 0. The van der Waals surface area contributed by atoms with E-state index in [0.717, 1.165) is 25.1 Å². The smallest absolute Gasteiger partial charge is 0.223 e. The van der Waals surface area contributed by atoms with E-state index in [1.54, 1.807) is 0 Å². The molecule has 1 fully saturated rings. The number of nitrogens with one attached hydrogen (secondary N) is 2. The molecule has 1 aliphatic rings. The molecule has 0 spiro atoms. The summed E-state index contributed by atoms with van der Waals surface area (Å²) in [5.74, 6) is 1.15. The number of rotatable bonds is 5. The molecule has 0 saturated carbocycles. The number of ether oxygens (including phenoxy) is 1. The third kappa shape index (κ3) is 5.94. The summed E-state index contributed by atoms with van der Waals surface area (Å²) in [6.45, 7) is 6.17. The van der Waals surface area contributed by atoms with Gasteiger partial charge in [0.25, 0.3) is 0 Å². The predicted molar refractivity (Wildman–Crippen MR) is 87.1 cm³/mol. The largest absolute Gasteiger partial charge is 0.492 e. The lowest BCUT2D eigenvalue weighted by Gasteiger charge is -2.27. The molecule has 2 N–H and O–H groups in total. The van der Waals surface area contributed by atoms with Crippen molar-refractivity contribution in [2.75, 3.05) is 19.7 Å². The fourth-order valence-electron chi connectivity index (χ4n) is 2.49. The first-order chi connectivity index (χ1) is 9.65. The van der Waals surface area contributed by atoms with Crippen LogP contribution in [-0.2, 0) is 4.79 Å². The molecule has 0 unspecified atom stereocenters. The molecule has 5 heteroatoms. The normalized spacial score (nSPS) is 21.2. The van der Waals surface area contributed by atoms with E-state index in [1.165, 1.54) is 5.56 Å². The Balaban J connectivity index is 0.00000220. The van der Waals surface area contributed by atoms with Crippen molar-refractivity contribution in [3.05, 3.63) is 29.8 Å². The number of piperidine rings is 1. The van der Waals surface area contributed by atoms with Crippen LogP contribution in [0.25, 0.3) is 0 Å². The van der Waals surface area contributed by atoms with Crippen LogP contribution in [0.4, 0.5) is 0 Å². The SMILES string of the molecule is Cc1ccc(OCCNC(=O)[C@H]2CCN[C@@H](C)C2)cc1.Cl. The summed E-state index contributed by atoms with van der Waals surface area (Å²) >= 11 is 0. The van der Waals surface area contributed by atoms with Gasteiger partial charge >= 0.3 is 0 Å². The van der Waals surface area contributed by atoms with Gasteiger partial charge in [-0.15, -0.1) is 12.4 Å². The Labute approximate surface area is 133 Å². The van der Waals surface area contributed by atoms with Crippen molar-refractivity contribution >= 4 is 18.3 Å². The van der Waals surface area contributed by atoms with Crippen LogP contribution in [0, 0.1) is 12.8 Å². The summed E-state index contributed by atoms with van der Waals surface area (Å²) in [4.78, 5) is 12.0. The zero-order valence-corrected chi connectivity index (χ0v) is 13.5. The van der Waals surface area contributed by atoms with Gasteiger partial charge in [0.05, 0.1) is 6.54 Å². The van der Waals surface area contributed by atoms with Gasteiger partial charge in [0.1, 0.15) is 12.4 Å². The Morgan fingerprint density at radius 3 is 2.76 bits per heavy atom. The Hall–Kier alpha value is -1.26. The molecule has 2 atom stereocenters. The third-order valence-corrected chi connectivity index (χ3v) is 3.69. The topological polar surface area (TPSA) is 50.4 Å². The molecule has 0 aliphatic carbocycles. The van der Waals surface area contributed by atoms with Crippen LogP contribution >= 0.6 is 12.4 Å². The predicted octanol–water partition coefficient (Wildman–Crippen LogP) is 2.30. The van der Waals surface area contributed by atoms with Gasteiger partial charge in [0.2, 0.25) is 5.91 Å². The summed E-state index contributed by atoms with van der Waals surface area (Å²) in [7, 11) is 0. The number of benzene rings is 1. The second kappa shape index (κ2) is 8.90. The lowest BCUT2D eigenvalue weighted by molar-refractivity contribution is -0.126. The summed E-state index contributed by atoms with van der Waals surface area (Å²) in [5.41, 5.74) is 1.21. The second-order valence-electron chi connectivity index (χ2n) is 5.53. The highest BCUT2D eigenvalue weighted by Crippen LogP contribution is 2.16. The van der Waals surface area contributed by atoms with Gasteiger partial charge in [-0.3, -0.25) is 4.79 Å². The Kier molecular flexibility index (Phi) is 7.54. The number of carbonyl (C=O) groups excluding carboxylic acids is 1. The zero-order valence-electron chi connectivity index (χ0n) is 12.7. The monoisotopic (exact) mass is 312 g/mol. The van der Waals surface area contributed by atoms with E-state index in [4.69, 9.17) is 4.74 Å². The average molecular weight is 313 g/mol. The minimum atomic E-state index is 0. The van der Waals surface area contributed by atoms with Crippen molar-refractivity contribution < 1.29 is 9.53 Å². The molecule has 1 amide bonds. The number of hydrogen-bond acceptors (Lipinski definition) is 3. The van der Waals surface area contributed by atoms with Crippen LogP contribution in [0.3, 0.4) is 0 Å². The molecular formula is C16H25ClN2O2. The number of amides is 1. The maximum atomic E-state index is 12.0. The van der Waals surface area contributed by atoms with Gasteiger partial charge in [0, 0.05) is 12.0 Å². The molecular weight excluding hydrogens is 288 g/mol. The van der Waals surface area contributed by atoms with Crippen LogP contribution in [0.2, 0.25) is 0 Å². The first-order valence-corrected chi connectivity index (χ1v) is 7.35.